The molecule has 1 N–H and O–H groups in total. The Hall–Kier alpha value is -1.31. The molecule has 0 amide bonds. The summed E-state index contributed by atoms with van der Waals surface area (Å²) in [6, 6.07) is 6.73. The van der Waals surface area contributed by atoms with Gasteiger partial charge in [-0.15, -0.1) is 0 Å². The van der Waals surface area contributed by atoms with Crippen LogP contribution >= 0.6 is 0 Å². The molecule has 1 fully saturated rings. The second-order valence-corrected chi connectivity index (χ2v) is 9.63. The van der Waals surface area contributed by atoms with Crippen LogP contribution in [0.1, 0.15) is 95.2 Å². The van der Waals surface area contributed by atoms with Crippen LogP contribution in [0.2, 0.25) is 0 Å². The van der Waals surface area contributed by atoms with Gasteiger partial charge in [0.15, 0.2) is 0 Å². The van der Waals surface area contributed by atoms with Crippen LogP contribution in [0.3, 0.4) is 0 Å². The fourth-order valence-corrected chi connectivity index (χ4v) is 3.99. The zero-order valence-corrected chi connectivity index (χ0v) is 17.4. The molecule has 0 saturated heterocycles. The normalized spacial score (nSPS) is 15.8. The number of carboxylic acid groups (broad SMARTS) is 1. The van der Waals surface area contributed by atoms with Crippen molar-refractivity contribution in [2.24, 2.45) is 10.8 Å². The van der Waals surface area contributed by atoms with Gasteiger partial charge in [0.05, 0.1) is 5.41 Å². The summed E-state index contributed by atoms with van der Waals surface area (Å²) in [5.41, 5.74) is 4.59. The van der Waals surface area contributed by atoms with Crippen LogP contribution in [0.25, 0.3) is 0 Å². The van der Waals surface area contributed by atoms with Crippen LogP contribution in [0.5, 0.6) is 0 Å². The molecule has 0 aromatic heterocycles. The van der Waals surface area contributed by atoms with Crippen molar-refractivity contribution in [2.75, 3.05) is 0 Å². The molecule has 1 aliphatic carbocycles. The molecule has 2 heteroatoms. The van der Waals surface area contributed by atoms with Gasteiger partial charge in [0, 0.05) is 0 Å². The lowest BCUT2D eigenvalue weighted by atomic mass is 9.88. The van der Waals surface area contributed by atoms with Crippen molar-refractivity contribution in [3.8, 4) is 0 Å². The number of benzene rings is 1. The van der Waals surface area contributed by atoms with Crippen LogP contribution < -0.4 is 0 Å². The Labute approximate surface area is 160 Å². The maximum absolute atomic E-state index is 11.2. The highest BCUT2D eigenvalue weighted by Crippen LogP contribution is 2.50. The van der Waals surface area contributed by atoms with E-state index >= 15 is 0 Å². The number of hydrogen-bond acceptors (Lipinski definition) is 1. The van der Waals surface area contributed by atoms with Gasteiger partial charge in [-0.05, 0) is 80.4 Å². The van der Waals surface area contributed by atoms with E-state index in [1.54, 1.807) is 5.56 Å². The van der Waals surface area contributed by atoms with E-state index in [9.17, 15) is 9.90 Å². The molecule has 1 saturated carbocycles. The van der Waals surface area contributed by atoms with E-state index in [1.165, 1.54) is 43.2 Å². The molecule has 2 rings (SSSR count). The first-order chi connectivity index (χ1) is 12.2. The van der Waals surface area contributed by atoms with Gasteiger partial charge in [-0.3, -0.25) is 4.79 Å². The lowest BCUT2D eigenvalue weighted by Crippen LogP contribution is -2.14. The van der Waals surface area contributed by atoms with E-state index < -0.39 is 5.97 Å². The smallest absolute Gasteiger partial charge is 0.309 e. The molecule has 0 heterocycles. The fraction of sp³-hybridized carbons (Fsp3) is 0.708. The summed E-state index contributed by atoms with van der Waals surface area (Å²) in [5, 5.41) is 9.26. The minimum absolute atomic E-state index is 0.346. The van der Waals surface area contributed by atoms with Crippen LogP contribution in [0.4, 0.5) is 0 Å². The Bertz CT molecular complexity index is 591. The Balaban J connectivity index is 1.76. The first-order valence-corrected chi connectivity index (χ1v) is 10.5. The van der Waals surface area contributed by atoms with Crippen molar-refractivity contribution in [3.63, 3.8) is 0 Å². The summed E-state index contributed by atoms with van der Waals surface area (Å²) in [6.07, 6.45) is 12.2. The minimum atomic E-state index is -0.575. The zero-order chi connectivity index (χ0) is 19.2. The Morgan fingerprint density at radius 1 is 1.04 bits per heavy atom. The monoisotopic (exact) mass is 358 g/mol. The molecule has 1 aromatic rings. The SMILES string of the molecule is Cc1cccc(CCCCCC2(C(=O)O)CC2)c1CCCCC(C)(C)C. The minimum Gasteiger partial charge on any atom is -0.481 e. The molecule has 0 aliphatic heterocycles. The second-order valence-electron chi connectivity index (χ2n) is 9.63. The molecule has 0 spiro atoms. The summed E-state index contributed by atoms with van der Waals surface area (Å²) in [4.78, 5) is 11.2. The highest BCUT2D eigenvalue weighted by molar-refractivity contribution is 5.77. The van der Waals surface area contributed by atoms with E-state index in [2.05, 4.69) is 45.9 Å². The molecule has 0 unspecified atom stereocenters. The standard InChI is InChI=1S/C24H38O2/c1-19-11-10-13-20(21(19)14-7-9-15-23(2,3)4)12-6-5-8-16-24(17-18-24)22(25)26/h10-11,13H,5-9,12,14-18H2,1-4H3,(H,25,26). The summed E-state index contributed by atoms with van der Waals surface area (Å²) >= 11 is 0. The van der Waals surface area contributed by atoms with Crippen molar-refractivity contribution < 1.29 is 9.90 Å². The highest BCUT2D eigenvalue weighted by Gasteiger charge is 2.49. The molecular formula is C24H38O2. The zero-order valence-electron chi connectivity index (χ0n) is 17.4. The van der Waals surface area contributed by atoms with E-state index in [0.717, 1.165) is 38.5 Å². The molecule has 0 atom stereocenters. The Morgan fingerprint density at radius 3 is 2.35 bits per heavy atom. The maximum atomic E-state index is 11.2. The van der Waals surface area contributed by atoms with Gasteiger partial charge in [0.25, 0.3) is 0 Å². The van der Waals surface area contributed by atoms with Gasteiger partial charge in [0.2, 0.25) is 0 Å². The Morgan fingerprint density at radius 2 is 1.73 bits per heavy atom. The first kappa shape index (κ1) is 21.0. The molecule has 0 radical (unpaired) electrons. The summed E-state index contributed by atoms with van der Waals surface area (Å²) in [7, 11) is 0. The number of rotatable bonds is 11. The molecular weight excluding hydrogens is 320 g/mol. The molecule has 146 valence electrons. The molecule has 2 nitrogen and oxygen atoms in total. The number of aliphatic carboxylic acids is 1. The lowest BCUT2D eigenvalue weighted by Gasteiger charge is -2.18. The third-order valence-electron chi connectivity index (χ3n) is 6.02. The average molecular weight is 359 g/mol. The van der Waals surface area contributed by atoms with Crippen molar-refractivity contribution in [3.05, 3.63) is 34.9 Å². The van der Waals surface area contributed by atoms with Gasteiger partial charge in [-0.2, -0.15) is 0 Å². The predicted octanol–water partition coefficient (Wildman–Crippen LogP) is 6.72. The number of carbonyl (C=O) groups is 1. The molecule has 26 heavy (non-hydrogen) atoms. The molecule has 0 bridgehead atoms. The molecule has 1 aliphatic rings. The molecule has 1 aromatic carbocycles. The summed E-state index contributed by atoms with van der Waals surface area (Å²) in [5.74, 6) is -0.575. The van der Waals surface area contributed by atoms with Crippen molar-refractivity contribution in [1.82, 2.24) is 0 Å². The highest BCUT2D eigenvalue weighted by atomic mass is 16.4. The van der Waals surface area contributed by atoms with E-state index in [1.807, 2.05) is 0 Å². The van der Waals surface area contributed by atoms with Gasteiger partial charge >= 0.3 is 5.97 Å². The van der Waals surface area contributed by atoms with Crippen LogP contribution in [0.15, 0.2) is 18.2 Å². The van der Waals surface area contributed by atoms with E-state index in [0.29, 0.717) is 5.41 Å². The second kappa shape index (κ2) is 9.06. The lowest BCUT2D eigenvalue weighted by molar-refractivity contribution is -0.143. The number of aryl methyl sites for hydroxylation is 2. The first-order valence-electron chi connectivity index (χ1n) is 10.5. The third-order valence-corrected chi connectivity index (χ3v) is 6.02. The van der Waals surface area contributed by atoms with Crippen molar-refractivity contribution in [2.45, 2.75) is 98.3 Å². The predicted molar refractivity (Wildman–Crippen MR) is 110 cm³/mol. The third kappa shape index (κ3) is 6.45. The topological polar surface area (TPSA) is 37.3 Å². The maximum Gasteiger partial charge on any atom is 0.309 e. The van der Waals surface area contributed by atoms with Crippen molar-refractivity contribution in [1.29, 1.82) is 0 Å². The Kier molecular flexibility index (Phi) is 7.32. The number of hydrogen-bond donors (Lipinski definition) is 1. The van der Waals surface area contributed by atoms with Gasteiger partial charge < -0.3 is 5.11 Å². The average Bonchev–Trinajstić information content (AvgIpc) is 3.33. The van der Waals surface area contributed by atoms with Gasteiger partial charge in [0.1, 0.15) is 0 Å². The van der Waals surface area contributed by atoms with Gasteiger partial charge in [-0.1, -0.05) is 58.2 Å². The number of carboxylic acids is 1. The van der Waals surface area contributed by atoms with E-state index in [4.69, 9.17) is 0 Å². The van der Waals surface area contributed by atoms with E-state index in [-0.39, 0.29) is 5.41 Å². The summed E-state index contributed by atoms with van der Waals surface area (Å²) < 4.78 is 0. The van der Waals surface area contributed by atoms with Crippen LogP contribution in [-0.2, 0) is 17.6 Å². The van der Waals surface area contributed by atoms with Crippen LogP contribution in [0, 0.1) is 17.8 Å². The summed E-state index contributed by atoms with van der Waals surface area (Å²) in [6.45, 7) is 9.21. The van der Waals surface area contributed by atoms with Crippen LogP contribution in [-0.4, -0.2) is 11.1 Å². The van der Waals surface area contributed by atoms with Crippen molar-refractivity contribution >= 4 is 5.97 Å². The fourth-order valence-electron chi connectivity index (χ4n) is 3.99. The number of unbranched alkanes of at least 4 members (excludes halogenated alkanes) is 3. The quantitative estimate of drug-likeness (QED) is 0.446. The van der Waals surface area contributed by atoms with Gasteiger partial charge in [-0.25, -0.2) is 0 Å². The largest absolute Gasteiger partial charge is 0.481 e.